The van der Waals surface area contributed by atoms with Gasteiger partial charge < -0.3 is 29.7 Å². The number of hydrogen-bond acceptors (Lipinski definition) is 7. The maximum Gasteiger partial charge on any atom is 0.249 e. The molecule has 1 saturated heterocycles. The molecule has 1 aromatic rings. The molecular formula is C20H24FN3O5. The van der Waals surface area contributed by atoms with Crippen molar-refractivity contribution in [2.24, 2.45) is 0 Å². The van der Waals surface area contributed by atoms with E-state index in [4.69, 9.17) is 14.2 Å². The molecule has 3 rings (SSSR count). The van der Waals surface area contributed by atoms with Crippen LogP contribution in [-0.2, 0) is 19.1 Å². The number of aldehydes is 1. The minimum atomic E-state index is -0.923. The molecule has 1 fully saturated rings. The van der Waals surface area contributed by atoms with E-state index in [0.29, 0.717) is 35.4 Å². The zero-order chi connectivity index (χ0) is 21.1. The van der Waals surface area contributed by atoms with Gasteiger partial charge in [-0.2, -0.15) is 0 Å². The van der Waals surface area contributed by atoms with E-state index in [1.807, 2.05) is 0 Å². The van der Waals surface area contributed by atoms with E-state index in [2.05, 4.69) is 10.6 Å². The van der Waals surface area contributed by atoms with E-state index >= 15 is 0 Å². The Bertz CT molecular complexity index is 870. The summed E-state index contributed by atoms with van der Waals surface area (Å²) in [6.07, 6.45) is 1.47. The molecule has 3 atom stereocenters. The first-order valence-corrected chi connectivity index (χ1v) is 9.05. The molecule has 1 aliphatic heterocycles. The highest BCUT2D eigenvalue weighted by Gasteiger charge is 2.44. The smallest absolute Gasteiger partial charge is 0.249 e. The maximum atomic E-state index is 14.3. The van der Waals surface area contributed by atoms with Gasteiger partial charge in [0.1, 0.15) is 17.9 Å². The van der Waals surface area contributed by atoms with Crippen LogP contribution in [0.2, 0.25) is 0 Å². The maximum absolute atomic E-state index is 14.3. The molecule has 0 spiro atoms. The Morgan fingerprint density at radius 3 is 2.59 bits per heavy atom. The number of halogens is 1. The zero-order valence-corrected chi connectivity index (χ0v) is 16.7. The summed E-state index contributed by atoms with van der Waals surface area (Å²) in [5.41, 5.74) is 1.76. The summed E-state index contributed by atoms with van der Waals surface area (Å²) in [6.45, 7) is 0. The Kier molecular flexibility index (Phi) is 6.07. The molecule has 0 bridgehead atoms. The van der Waals surface area contributed by atoms with Gasteiger partial charge in [0.05, 0.1) is 19.9 Å². The van der Waals surface area contributed by atoms with Crippen LogP contribution in [0.15, 0.2) is 41.3 Å². The molecule has 1 amide bonds. The molecule has 8 nitrogen and oxygen atoms in total. The fourth-order valence-electron chi connectivity index (χ4n) is 3.77. The number of methoxy groups -OCH3 is 3. The molecule has 1 aliphatic carbocycles. The number of nitrogens with one attached hydrogen (secondary N) is 2. The van der Waals surface area contributed by atoms with Gasteiger partial charge in [-0.15, -0.1) is 0 Å². The summed E-state index contributed by atoms with van der Waals surface area (Å²) in [4.78, 5) is 26.0. The van der Waals surface area contributed by atoms with Gasteiger partial charge in [0.2, 0.25) is 5.91 Å². The Morgan fingerprint density at radius 2 is 2.03 bits per heavy atom. The minimum absolute atomic E-state index is 0.0768. The normalized spacial score (nSPS) is 24.2. The SMILES string of the molecule is CNC1=C(OC)[C@H](OC)CC(C2C(=O)NC(C=O)N2c2ccc(OC)c(F)c2)=C1. The van der Waals surface area contributed by atoms with E-state index < -0.39 is 24.1 Å². The van der Waals surface area contributed by atoms with Crippen molar-refractivity contribution >= 4 is 17.9 Å². The van der Waals surface area contributed by atoms with Crippen LogP contribution in [0, 0.1) is 5.82 Å². The van der Waals surface area contributed by atoms with E-state index in [1.165, 1.54) is 19.2 Å². The van der Waals surface area contributed by atoms with Crippen molar-refractivity contribution in [3.05, 3.63) is 47.1 Å². The van der Waals surface area contributed by atoms with Crippen LogP contribution in [-0.4, -0.2) is 58.9 Å². The average molecular weight is 405 g/mol. The highest BCUT2D eigenvalue weighted by Crippen LogP contribution is 2.35. The van der Waals surface area contributed by atoms with Crippen molar-refractivity contribution in [3.8, 4) is 5.75 Å². The molecule has 9 heteroatoms. The summed E-state index contributed by atoms with van der Waals surface area (Å²) in [6, 6.07) is 3.51. The predicted octanol–water partition coefficient (Wildman–Crippen LogP) is 1.09. The fraction of sp³-hybridized carbons (Fsp3) is 0.400. The second kappa shape index (κ2) is 8.52. The van der Waals surface area contributed by atoms with Crippen LogP contribution in [0.3, 0.4) is 0 Å². The van der Waals surface area contributed by atoms with Gasteiger partial charge in [-0.3, -0.25) is 9.59 Å². The van der Waals surface area contributed by atoms with Gasteiger partial charge in [0, 0.05) is 32.3 Å². The second-order valence-electron chi connectivity index (χ2n) is 6.60. The Labute approximate surface area is 168 Å². The van der Waals surface area contributed by atoms with Crippen molar-refractivity contribution in [2.75, 3.05) is 33.3 Å². The molecule has 0 saturated carbocycles. The fourth-order valence-corrected chi connectivity index (χ4v) is 3.77. The average Bonchev–Trinajstić information content (AvgIpc) is 3.08. The van der Waals surface area contributed by atoms with Gasteiger partial charge in [0.25, 0.3) is 0 Å². The number of anilines is 1. The third-order valence-corrected chi connectivity index (χ3v) is 5.11. The van der Waals surface area contributed by atoms with Crippen molar-refractivity contribution in [1.29, 1.82) is 0 Å². The molecule has 29 heavy (non-hydrogen) atoms. The van der Waals surface area contributed by atoms with Gasteiger partial charge >= 0.3 is 0 Å². The van der Waals surface area contributed by atoms with E-state index in [-0.39, 0.29) is 11.7 Å². The highest BCUT2D eigenvalue weighted by molar-refractivity contribution is 5.96. The van der Waals surface area contributed by atoms with Gasteiger partial charge in [0.15, 0.2) is 24.0 Å². The van der Waals surface area contributed by atoms with Crippen LogP contribution in [0.1, 0.15) is 6.42 Å². The highest BCUT2D eigenvalue weighted by atomic mass is 19.1. The zero-order valence-electron chi connectivity index (χ0n) is 16.7. The summed E-state index contributed by atoms with van der Waals surface area (Å²) in [7, 11) is 6.21. The molecule has 2 aliphatic rings. The van der Waals surface area contributed by atoms with Gasteiger partial charge in [-0.25, -0.2) is 4.39 Å². The Hall–Kier alpha value is -3.07. The molecule has 0 radical (unpaired) electrons. The largest absolute Gasteiger partial charge is 0.496 e. The number of benzene rings is 1. The quantitative estimate of drug-likeness (QED) is 0.657. The Balaban J connectivity index is 2.07. The molecule has 2 N–H and O–H groups in total. The van der Waals surface area contributed by atoms with Crippen LogP contribution < -0.4 is 20.3 Å². The number of ether oxygens (including phenoxy) is 3. The summed E-state index contributed by atoms with van der Waals surface area (Å²) in [5.74, 6) is -0.243. The van der Waals surface area contributed by atoms with Crippen molar-refractivity contribution in [3.63, 3.8) is 0 Å². The van der Waals surface area contributed by atoms with Gasteiger partial charge in [-0.1, -0.05) is 0 Å². The first kappa shape index (κ1) is 20.7. The number of amides is 1. The van der Waals surface area contributed by atoms with Crippen molar-refractivity contribution in [1.82, 2.24) is 10.6 Å². The lowest BCUT2D eigenvalue weighted by molar-refractivity contribution is -0.121. The van der Waals surface area contributed by atoms with Crippen LogP contribution in [0.5, 0.6) is 5.75 Å². The van der Waals surface area contributed by atoms with E-state index in [9.17, 15) is 14.0 Å². The van der Waals surface area contributed by atoms with Crippen molar-refractivity contribution < 1.29 is 28.2 Å². The lowest BCUT2D eigenvalue weighted by atomic mass is 9.92. The third kappa shape index (κ3) is 3.65. The predicted molar refractivity (Wildman–Crippen MR) is 104 cm³/mol. The second-order valence-corrected chi connectivity index (χ2v) is 6.60. The van der Waals surface area contributed by atoms with E-state index in [1.54, 1.807) is 38.3 Å². The van der Waals surface area contributed by atoms with Crippen LogP contribution >= 0.6 is 0 Å². The van der Waals surface area contributed by atoms with Crippen LogP contribution in [0.4, 0.5) is 10.1 Å². The Morgan fingerprint density at radius 1 is 1.28 bits per heavy atom. The first-order valence-electron chi connectivity index (χ1n) is 9.05. The third-order valence-electron chi connectivity index (χ3n) is 5.11. The number of hydrogen-bond donors (Lipinski definition) is 2. The first-order chi connectivity index (χ1) is 14.0. The molecule has 1 heterocycles. The van der Waals surface area contributed by atoms with Gasteiger partial charge in [-0.05, 0) is 23.8 Å². The lowest BCUT2D eigenvalue weighted by Gasteiger charge is -2.33. The molecule has 156 valence electrons. The summed E-state index contributed by atoms with van der Waals surface area (Å²) in [5, 5.41) is 5.70. The number of rotatable bonds is 7. The number of nitrogens with zero attached hydrogens (tertiary/aromatic N) is 1. The topological polar surface area (TPSA) is 89.1 Å². The summed E-state index contributed by atoms with van der Waals surface area (Å²) >= 11 is 0. The number of carbonyl (C=O) groups excluding carboxylic acids is 2. The lowest BCUT2D eigenvalue weighted by Crippen LogP contribution is -2.42. The molecule has 0 aromatic heterocycles. The number of likely N-dealkylation sites (N-methyl/N-ethyl adjacent to an activating group) is 1. The standard InChI is InChI=1S/C20H24FN3O5/c1-22-14-7-11(8-16(28-3)19(14)29-4)18-20(26)23-17(10-25)24(18)12-5-6-15(27-2)13(21)9-12/h5-7,9-10,16-18,22H,8H2,1-4H3,(H,23,26)/t16-,17?,18?/m1/s1. The molecular weight excluding hydrogens is 381 g/mol. The monoisotopic (exact) mass is 405 g/mol. The van der Waals surface area contributed by atoms with Crippen LogP contribution in [0.25, 0.3) is 0 Å². The molecule has 2 unspecified atom stereocenters. The number of carbonyl (C=O) groups is 2. The number of allylic oxidation sites excluding steroid dienone is 1. The van der Waals surface area contributed by atoms with E-state index in [0.717, 1.165) is 0 Å². The summed E-state index contributed by atoms with van der Waals surface area (Å²) < 4.78 is 30.3. The molecule has 1 aromatic carbocycles. The minimum Gasteiger partial charge on any atom is -0.496 e. The van der Waals surface area contributed by atoms with Crippen molar-refractivity contribution in [2.45, 2.75) is 24.7 Å².